The Morgan fingerprint density at radius 1 is 1.09 bits per heavy atom. The standard InChI is InChI=1S/C16H7Cl3N2S/c17-11-5-6-12(18)15(19)10(11)7-9(8-20)16-21-13-3-1-2-4-14(13)22-16/h1-7H/b9-7+. The molecule has 0 spiro atoms. The smallest absolute Gasteiger partial charge is 0.135 e. The highest BCUT2D eigenvalue weighted by molar-refractivity contribution is 7.19. The van der Waals surface area contributed by atoms with E-state index in [1.807, 2.05) is 24.3 Å². The number of allylic oxidation sites excluding steroid dienone is 1. The summed E-state index contributed by atoms with van der Waals surface area (Å²) in [4.78, 5) is 4.47. The molecule has 6 heteroatoms. The predicted octanol–water partition coefficient (Wildman–Crippen LogP) is 6.32. The van der Waals surface area contributed by atoms with Crippen molar-refractivity contribution in [2.24, 2.45) is 0 Å². The Balaban J connectivity index is 2.16. The van der Waals surface area contributed by atoms with E-state index in [1.165, 1.54) is 11.3 Å². The molecule has 0 aliphatic carbocycles. The van der Waals surface area contributed by atoms with Crippen LogP contribution in [0, 0.1) is 11.3 Å². The monoisotopic (exact) mass is 364 g/mol. The van der Waals surface area contributed by atoms with Crippen LogP contribution in [-0.4, -0.2) is 4.98 Å². The highest BCUT2D eigenvalue weighted by Gasteiger charge is 2.12. The summed E-state index contributed by atoms with van der Waals surface area (Å²) in [7, 11) is 0. The Bertz CT molecular complexity index is 905. The first-order valence-corrected chi connectivity index (χ1v) is 8.16. The Kier molecular flexibility index (Phi) is 4.37. The minimum absolute atomic E-state index is 0.322. The van der Waals surface area contributed by atoms with Crippen LogP contribution in [0.5, 0.6) is 0 Å². The van der Waals surface area contributed by atoms with Crippen molar-refractivity contribution in [2.75, 3.05) is 0 Å². The van der Waals surface area contributed by atoms with E-state index in [-0.39, 0.29) is 0 Å². The largest absolute Gasteiger partial charge is 0.235 e. The molecule has 1 heterocycles. The summed E-state index contributed by atoms with van der Waals surface area (Å²) in [5.41, 5.74) is 1.77. The molecule has 0 N–H and O–H groups in total. The zero-order chi connectivity index (χ0) is 15.7. The van der Waals surface area contributed by atoms with Gasteiger partial charge in [-0.1, -0.05) is 46.9 Å². The number of para-hydroxylation sites is 1. The second-order valence-corrected chi connectivity index (χ2v) is 6.64. The molecule has 0 atom stereocenters. The van der Waals surface area contributed by atoms with Crippen LogP contribution >= 0.6 is 46.1 Å². The lowest BCUT2D eigenvalue weighted by atomic mass is 10.1. The van der Waals surface area contributed by atoms with Crippen LogP contribution in [0.1, 0.15) is 10.6 Å². The van der Waals surface area contributed by atoms with Crippen molar-refractivity contribution in [3.05, 3.63) is 62.0 Å². The molecule has 0 radical (unpaired) electrons. The fourth-order valence-electron chi connectivity index (χ4n) is 1.95. The number of halogens is 3. The van der Waals surface area contributed by atoms with Crippen molar-refractivity contribution in [1.29, 1.82) is 5.26 Å². The molecule has 0 amide bonds. The van der Waals surface area contributed by atoms with E-state index in [4.69, 9.17) is 34.8 Å². The number of hydrogen-bond donors (Lipinski definition) is 0. The van der Waals surface area contributed by atoms with Gasteiger partial charge in [0.25, 0.3) is 0 Å². The van der Waals surface area contributed by atoms with Crippen molar-refractivity contribution in [3.63, 3.8) is 0 Å². The maximum Gasteiger partial charge on any atom is 0.135 e. The summed E-state index contributed by atoms with van der Waals surface area (Å²) in [6.45, 7) is 0. The van der Waals surface area contributed by atoms with Gasteiger partial charge in [0, 0.05) is 10.6 Å². The number of fused-ring (bicyclic) bond motifs is 1. The van der Waals surface area contributed by atoms with Crippen LogP contribution in [-0.2, 0) is 0 Å². The Hall–Kier alpha value is -1.57. The van der Waals surface area contributed by atoms with Crippen LogP contribution in [0.15, 0.2) is 36.4 Å². The lowest BCUT2D eigenvalue weighted by Gasteiger charge is -2.04. The SMILES string of the molecule is N#C/C(=C\c1c(Cl)ccc(Cl)c1Cl)c1nc2ccccc2s1. The maximum atomic E-state index is 9.45. The predicted molar refractivity (Wildman–Crippen MR) is 94.6 cm³/mol. The molecule has 0 saturated heterocycles. The topological polar surface area (TPSA) is 36.7 Å². The van der Waals surface area contributed by atoms with Gasteiger partial charge in [0.2, 0.25) is 0 Å². The van der Waals surface area contributed by atoms with Crippen molar-refractivity contribution in [3.8, 4) is 6.07 Å². The molecule has 0 saturated carbocycles. The van der Waals surface area contributed by atoms with E-state index in [0.29, 0.717) is 31.2 Å². The Labute approximate surface area is 146 Å². The summed E-state index contributed by atoms with van der Waals surface area (Å²) in [5.74, 6) is 0. The molecule has 0 unspecified atom stereocenters. The van der Waals surface area contributed by atoms with E-state index in [0.717, 1.165) is 10.2 Å². The van der Waals surface area contributed by atoms with Crippen LogP contribution < -0.4 is 0 Å². The van der Waals surface area contributed by atoms with E-state index < -0.39 is 0 Å². The van der Waals surface area contributed by atoms with E-state index >= 15 is 0 Å². The molecule has 2 aromatic carbocycles. The van der Waals surface area contributed by atoms with Gasteiger partial charge in [-0.05, 0) is 30.3 Å². The third kappa shape index (κ3) is 2.84. The summed E-state index contributed by atoms with van der Waals surface area (Å²) in [6, 6.07) is 13.1. The average molecular weight is 366 g/mol. The number of hydrogen-bond acceptors (Lipinski definition) is 3. The van der Waals surface area contributed by atoms with Crippen LogP contribution in [0.25, 0.3) is 21.9 Å². The number of benzene rings is 2. The van der Waals surface area contributed by atoms with Gasteiger partial charge in [-0.2, -0.15) is 5.26 Å². The first kappa shape index (κ1) is 15.3. The number of nitrogens with zero attached hydrogens (tertiary/aromatic N) is 2. The van der Waals surface area contributed by atoms with Gasteiger partial charge in [-0.25, -0.2) is 4.98 Å². The normalized spacial score (nSPS) is 11.6. The van der Waals surface area contributed by atoms with Gasteiger partial charge in [0.1, 0.15) is 11.1 Å². The molecule has 22 heavy (non-hydrogen) atoms. The van der Waals surface area contributed by atoms with Gasteiger partial charge in [0.15, 0.2) is 0 Å². The summed E-state index contributed by atoms with van der Waals surface area (Å²) >= 11 is 19.8. The van der Waals surface area contributed by atoms with Crippen LogP contribution in [0.4, 0.5) is 0 Å². The number of aromatic nitrogens is 1. The first-order valence-electron chi connectivity index (χ1n) is 6.21. The molecule has 0 aliphatic rings. The van der Waals surface area contributed by atoms with Gasteiger partial charge in [-0.3, -0.25) is 0 Å². The van der Waals surface area contributed by atoms with Crippen LogP contribution in [0.2, 0.25) is 15.1 Å². The number of nitriles is 1. The molecule has 0 bridgehead atoms. The average Bonchev–Trinajstić information content (AvgIpc) is 2.95. The van der Waals surface area contributed by atoms with E-state index in [1.54, 1.807) is 18.2 Å². The van der Waals surface area contributed by atoms with Gasteiger partial charge >= 0.3 is 0 Å². The number of rotatable bonds is 2. The first-order chi connectivity index (χ1) is 10.6. The van der Waals surface area contributed by atoms with Gasteiger partial charge in [-0.15, -0.1) is 11.3 Å². The molecule has 3 rings (SSSR count). The second kappa shape index (κ2) is 6.28. The third-order valence-corrected chi connectivity index (χ3v) is 5.23. The Morgan fingerprint density at radius 2 is 1.82 bits per heavy atom. The van der Waals surface area contributed by atoms with Crippen LogP contribution in [0.3, 0.4) is 0 Å². The minimum atomic E-state index is 0.322. The van der Waals surface area contributed by atoms with Gasteiger partial charge in [0.05, 0.1) is 25.8 Å². The minimum Gasteiger partial charge on any atom is -0.235 e. The highest BCUT2D eigenvalue weighted by atomic mass is 35.5. The van der Waals surface area contributed by atoms with Crippen molar-refractivity contribution >= 4 is 68.0 Å². The van der Waals surface area contributed by atoms with Crippen molar-refractivity contribution in [2.45, 2.75) is 0 Å². The molecule has 2 nitrogen and oxygen atoms in total. The number of thiazole rings is 1. The molecular weight excluding hydrogens is 359 g/mol. The molecule has 0 aliphatic heterocycles. The molecule has 3 aromatic rings. The Morgan fingerprint density at radius 3 is 2.55 bits per heavy atom. The molecule has 1 aromatic heterocycles. The summed E-state index contributed by atoms with van der Waals surface area (Å²) < 4.78 is 1.02. The quantitative estimate of drug-likeness (QED) is 0.393. The summed E-state index contributed by atoms with van der Waals surface area (Å²) in [5, 5.41) is 11.2. The lowest BCUT2D eigenvalue weighted by Crippen LogP contribution is -1.84. The van der Waals surface area contributed by atoms with E-state index in [9.17, 15) is 5.26 Å². The van der Waals surface area contributed by atoms with Crippen molar-refractivity contribution < 1.29 is 0 Å². The van der Waals surface area contributed by atoms with E-state index in [2.05, 4.69) is 11.1 Å². The van der Waals surface area contributed by atoms with Gasteiger partial charge < -0.3 is 0 Å². The molecular formula is C16H7Cl3N2S. The fraction of sp³-hybridized carbons (Fsp3) is 0. The highest BCUT2D eigenvalue weighted by Crippen LogP contribution is 2.35. The summed E-state index contributed by atoms with van der Waals surface area (Å²) in [6.07, 6.45) is 1.62. The fourth-order valence-corrected chi connectivity index (χ4v) is 3.52. The maximum absolute atomic E-state index is 9.45. The second-order valence-electron chi connectivity index (χ2n) is 4.41. The zero-order valence-corrected chi connectivity index (χ0v) is 14.1. The van der Waals surface area contributed by atoms with Crippen molar-refractivity contribution in [1.82, 2.24) is 4.98 Å². The lowest BCUT2D eigenvalue weighted by molar-refractivity contribution is 1.43. The third-order valence-electron chi connectivity index (χ3n) is 3.01. The molecule has 108 valence electrons. The zero-order valence-electron chi connectivity index (χ0n) is 11.0. The molecule has 0 fully saturated rings.